The summed E-state index contributed by atoms with van der Waals surface area (Å²) < 4.78 is 5.25. The molecule has 100 valence electrons. The minimum absolute atomic E-state index is 0.266. The molecule has 0 spiro atoms. The van der Waals surface area contributed by atoms with Gasteiger partial charge in [0.2, 0.25) is 0 Å². The van der Waals surface area contributed by atoms with E-state index >= 15 is 0 Å². The molecule has 0 unspecified atom stereocenters. The Kier molecular flexibility index (Phi) is 4.44. The van der Waals surface area contributed by atoms with E-state index in [9.17, 15) is 5.11 Å². The minimum atomic E-state index is 0.266. The molecule has 0 radical (unpaired) electrons. The predicted molar refractivity (Wildman–Crippen MR) is 72.1 cm³/mol. The van der Waals surface area contributed by atoms with Crippen molar-refractivity contribution in [2.45, 2.75) is 19.4 Å². The summed E-state index contributed by atoms with van der Waals surface area (Å²) in [5.74, 6) is 1.16. The summed E-state index contributed by atoms with van der Waals surface area (Å²) in [6.45, 7) is 6.23. The lowest BCUT2D eigenvalue weighted by Gasteiger charge is -2.35. The molecule has 0 aliphatic carbocycles. The highest BCUT2D eigenvalue weighted by Gasteiger charge is 2.23. The quantitative estimate of drug-likeness (QED) is 0.854. The smallest absolute Gasteiger partial charge is 0.120 e. The van der Waals surface area contributed by atoms with E-state index < -0.39 is 0 Å². The third-order valence-electron chi connectivity index (χ3n) is 3.57. The number of methoxy groups -OCH3 is 1. The Morgan fingerprint density at radius 1 is 1.39 bits per heavy atom. The van der Waals surface area contributed by atoms with Crippen LogP contribution in [0.2, 0.25) is 0 Å². The lowest BCUT2D eigenvalue weighted by Crippen LogP contribution is -2.45. The van der Waals surface area contributed by atoms with Crippen molar-refractivity contribution < 1.29 is 9.84 Å². The van der Waals surface area contributed by atoms with Crippen molar-refractivity contribution in [1.29, 1.82) is 0 Å². The fourth-order valence-electron chi connectivity index (χ4n) is 2.60. The van der Waals surface area contributed by atoms with Crippen LogP contribution < -0.4 is 10.1 Å². The first kappa shape index (κ1) is 13.2. The Bertz CT molecular complexity index is 389. The van der Waals surface area contributed by atoms with Crippen LogP contribution in [-0.2, 0) is 0 Å². The molecule has 1 heterocycles. The number of hydrogen-bond acceptors (Lipinski definition) is 4. The van der Waals surface area contributed by atoms with Crippen LogP contribution in [0.5, 0.6) is 11.5 Å². The van der Waals surface area contributed by atoms with Crippen molar-refractivity contribution in [2.75, 3.05) is 33.3 Å². The molecule has 2 N–H and O–H groups in total. The molecule has 0 aromatic heterocycles. The van der Waals surface area contributed by atoms with Crippen LogP contribution in [-0.4, -0.2) is 43.3 Å². The molecule has 1 aromatic carbocycles. The third kappa shape index (κ3) is 2.76. The molecular weight excluding hydrogens is 228 g/mol. The van der Waals surface area contributed by atoms with Crippen LogP contribution in [0.4, 0.5) is 0 Å². The highest BCUT2D eigenvalue weighted by Crippen LogP contribution is 2.33. The predicted octanol–water partition coefficient (Wildman–Crippen LogP) is 1.76. The monoisotopic (exact) mass is 250 g/mol. The van der Waals surface area contributed by atoms with Crippen molar-refractivity contribution in [3.8, 4) is 11.5 Å². The van der Waals surface area contributed by atoms with Crippen molar-refractivity contribution >= 4 is 0 Å². The Morgan fingerprint density at radius 2 is 2.11 bits per heavy atom. The van der Waals surface area contributed by atoms with E-state index in [2.05, 4.69) is 17.1 Å². The van der Waals surface area contributed by atoms with Gasteiger partial charge in [-0.3, -0.25) is 4.90 Å². The molecule has 1 aromatic rings. The highest BCUT2D eigenvalue weighted by molar-refractivity contribution is 5.41. The van der Waals surface area contributed by atoms with Crippen molar-refractivity contribution in [3.05, 3.63) is 23.8 Å². The number of phenolic OH excluding ortho intramolecular Hbond substituents is 1. The Balaban J connectivity index is 2.25. The van der Waals surface area contributed by atoms with Gasteiger partial charge in [0.1, 0.15) is 11.5 Å². The number of piperazine rings is 1. The molecule has 1 saturated heterocycles. The van der Waals surface area contributed by atoms with Crippen LogP contribution in [0.1, 0.15) is 24.9 Å². The lowest BCUT2D eigenvalue weighted by molar-refractivity contribution is 0.166. The summed E-state index contributed by atoms with van der Waals surface area (Å²) in [6.07, 6.45) is 0.987. The highest BCUT2D eigenvalue weighted by atomic mass is 16.5. The molecule has 4 nitrogen and oxygen atoms in total. The van der Waals surface area contributed by atoms with E-state index in [1.54, 1.807) is 19.2 Å². The van der Waals surface area contributed by atoms with Crippen LogP contribution >= 0.6 is 0 Å². The average Bonchev–Trinajstić information content (AvgIpc) is 2.43. The SMILES string of the molecule is CC[C@H](c1cc(OC)ccc1O)N1CCNCC1. The van der Waals surface area contributed by atoms with Crippen LogP contribution in [0, 0.1) is 0 Å². The van der Waals surface area contributed by atoms with E-state index in [-0.39, 0.29) is 6.04 Å². The number of rotatable bonds is 4. The van der Waals surface area contributed by atoms with Gasteiger partial charge in [0.25, 0.3) is 0 Å². The number of benzene rings is 1. The Labute approximate surface area is 109 Å². The standard InChI is InChI=1S/C14H22N2O2/c1-3-13(16-8-6-15-7-9-16)12-10-11(18-2)4-5-14(12)17/h4-5,10,13,15,17H,3,6-9H2,1-2H3/t13-/m1/s1. The summed E-state index contributed by atoms with van der Waals surface area (Å²) in [5, 5.41) is 13.4. The summed E-state index contributed by atoms with van der Waals surface area (Å²) >= 11 is 0. The van der Waals surface area contributed by atoms with Gasteiger partial charge in [-0.1, -0.05) is 6.92 Å². The second-order valence-electron chi connectivity index (χ2n) is 4.63. The van der Waals surface area contributed by atoms with Gasteiger partial charge >= 0.3 is 0 Å². The zero-order valence-corrected chi connectivity index (χ0v) is 11.1. The maximum Gasteiger partial charge on any atom is 0.120 e. The first-order valence-corrected chi connectivity index (χ1v) is 6.58. The van der Waals surface area contributed by atoms with Gasteiger partial charge in [0.05, 0.1) is 7.11 Å². The van der Waals surface area contributed by atoms with Gasteiger partial charge in [-0.25, -0.2) is 0 Å². The van der Waals surface area contributed by atoms with Crippen molar-refractivity contribution in [1.82, 2.24) is 10.2 Å². The number of nitrogens with zero attached hydrogens (tertiary/aromatic N) is 1. The topological polar surface area (TPSA) is 44.7 Å². The van der Waals surface area contributed by atoms with E-state index in [0.717, 1.165) is 43.9 Å². The molecule has 0 saturated carbocycles. The normalized spacial score (nSPS) is 18.6. The summed E-state index contributed by atoms with van der Waals surface area (Å²) in [6, 6.07) is 5.73. The first-order valence-electron chi connectivity index (χ1n) is 6.58. The van der Waals surface area contributed by atoms with Crippen LogP contribution in [0.25, 0.3) is 0 Å². The molecule has 1 fully saturated rings. The van der Waals surface area contributed by atoms with E-state index in [4.69, 9.17) is 4.74 Å². The van der Waals surface area contributed by atoms with Crippen molar-refractivity contribution in [2.24, 2.45) is 0 Å². The van der Waals surface area contributed by atoms with Crippen LogP contribution in [0.3, 0.4) is 0 Å². The maximum atomic E-state index is 10.1. The number of hydrogen-bond donors (Lipinski definition) is 2. The average molecular weight is 250 g/mol. The fourth-order valence-corrected chi connectivity index (χ4v) is 2.60. The van der Waals surface area contributed by atoms with Gasteiger partial charge in [0, 0.05) is 37.8 Å². The Hall–Kier alpha value is -1.26. The van der Waals surface area contributed by atoms with Gasteiger partial charge in [0.15, 0.2) is 0 Å². The first-order chi connectivity index (χ1) is 8.76. The zero-order valence-electron chi connectivity index (χ0n) is 11.1. The van der Waals surface area contributed by atoms with Crippen LogP contribution in [0.15, 0.2) is 18.2 Å². The number of nitrogens with one attached hydrogen (secondary N) is 1. The van der Waals surface area contributed by atoms with E-state index in [1.165, 1.54) is 0 Å². The van der Waals surface area contributed by atoms with E-state index in [0.29, 0.717) is 5.75 Å². The minimum Gasteiger partial charge on any atom is -0.508 e. The zero-order chi connectivity index (χ0) is 13.0. The molecular formula is C14H22N2O2. The maximum absolute atomic E-state index is 10.1. The molecule has 1 aliphatic rings. The summed E-state index contributed by atoms with van der Waals surface area (Å²) in [4.78, 5) is 2.42. The number of aromatic hydroxyl groups is 1. The number of phenols is 1. The van der Waals surface area contributed by atoms with Crippen molar-refractivity contribution in [3.63, 3.8) is 0 Å². The molecule has 2 rings (SSSR count). The molecule has 0 bridgehead atoms. The second kappa shape index (κ2) is 6.07. The Morgan fingerprint density at radius 3 is 2.72 bits per heavy atom. The van der Waals surface area contributed by atoms with Gasteiger partial charge in [-0.15, -0.1) is 0 Å². The largest absolute Gasteiger partial charge is 0.508 e. The fraction of sp³-hybridized carbons (Fsp3) is 0.571. The molecule has 18 heavy (non-hydrogen) atoms. The second-order valence-corrected chi connectivity index (χ2v) is 4.63. The molecule has 1 atom stereocenters. The summed E-state index contributed by atoms with van der Waals surface area (Å²) in [7, 11) is 1.65. The lowest BCUT2D eigenvalue weighted by atomic mass is 10.0. The molecule has 1 aliphatic heterocycles. The third-order valence-corrected chi connectivity index (χ3v) is 3.57. The van der Waals surface area contributed by atoms with Gasteiger partial charge < -0.3 is 15.2 Å². The summed E-state index contributed by atoms with van der Waals surface area (Å²) in [5.41, 5.74) is 0.971. The molecule has 4 heteroatoms. The van der Waals surface area contributed by atoms with Gasteiger partial charge in [-0.05, 0) is 24.6 Å². The van der Waals surface area contributed by atoms with E-state index in [1.807, 2.05) is 6.07 Å². The molecule has 0 amide bonds. The van der Waals surface area contributed by atoms with Gasteiger partial charge in [-0.2, -0.15) is 0 Å². The number of ether oxygens (including phenoxy) is 1.